The lowest BCUT2D eigenvalue weighted by Gasteiger charge is -2.18. The van der Waals surface area contributed by atoms with Gasteiger partial charge in [-0.2, -0.15) is 0 Å². The average Bonchev–Trinajstić information content (AvgIpc) is 4.15. The van der Waals surface area contributed by atoms with E-state index in [0.717, 1.165) is 32.1 Å². The van der Waals surface area contributed by atoms with Crippen LogP contribution in [0, 0.1) is 17.8 Å². The van der Waals surface area contributed by atoms with E-state index in [1.54, 1.807) is 29.2 Å². The van der Waals surface area contributed by atoms with Crippen molar-refractivity contribution < 1.29 is 29.1 Å². The van der Waals surface area contributed by atoms with Crippen molar-refractivity contribution in [3.8, 4) is 0 Å². The van der Waals surface area contributed by atoms with Crippen molar-refractivity contribution in [3.05, 3.63) is 107 Å². The number of likely N-dealkylation sites (tertiary alicyclic amines) is 2. The molecule has 2 aliphatic heterocycles. The van der Waals surface area contributed by atoms with Crippen LogP contribution in [-0.2, 0) is 14.4 Å². The van der Waals surface area contributed by atoms with E-state index in [1.807, 2.05) is 36.4 Å². The first-order valence-corrected chi connectivity index (χ1v) is 23.6. The first-order valence-electron chi connectivity index (χ1n) is 23.6. The van der Waals surface area contributed by atoms with Crippen LogP contribution in [0.15, 0.2) is 84.9 Å². The largest absolute Gasteiger partial charge is 0.390 e. The first-order chi connectivity index (χ1) is 30.2. The molecule has 332 valence electrons. The van der Waals surface area contributed by atoms with Gasteiger partial charge >= 0.3 is 0 Å². The number of hydrogen-bond acceptors (Lipinski definition) is 6. The van der Waals surface area contributed by atoms with Crippen LogP contribution in [-0.4, -0.2) is 95.4 Å². The van der Waals surface area contributed by atoms with Crippen LogP contribution in [0.3, 0.4) is 0 Å². The first kappa shape index (κ1) is 45.0. The van der Waals surface area contributed by atoms with Crippen molar-refractivity contribution in [1.29, 1.82) is 0 Å². The lowest BCUT2D eigenvalue weighted by Crippen LogP contribution is -2.43. The summed E-state index contributed by atoms with van der Waals surface area (Å²) in [6.45, 7) is 3.18. The van der Waals surface area contributed by atoms with Gasteiger partial charge in [0.2, 0.25) is 17.7 Å². The number of rotatable bonds is 22. The van der Waals surface area contributed by atoms with Crippen molar-refractivity contribution in [3.63, 3.8) is 0 Å². The highest BCUT2D eigenvalue weighted by atomic mass is 16.3. The van der Waals surface area contributed by atoms with E-state index in [0.29, 0.717) is 17.7 Å². The minimum Gasteiger partial charge on any atom is -0.390 e. The average molecular weight is 846 g/mol. The van der Waals surface area contributed by atoms with Gasteiger partial charge < -0.3 is 30.9 Å². The number of benzene rings is 3. The Morgan fingerprint density at radius 3 is 1.37 bits per heavy atom. The van der Waals surface area contributed by atoms with Gasteiger partial charge in [-0.05, 0) is 54.7 Å². The van der Waals surface area contributed by atoms with Gasteiger partial charge in [-0.25, -0.2) is 0 Å². The molecule has 4 fully saturated rings. The van der Waals surface area contributed by atoms with Crippen LogP contribution in [0.5, 0.6) is 0 Å². The molecule has 0 radical (unpaired) electrons. The number of hydrogen-bond donors (Lipinski definition) is 4. The molecule has 3 aromatic rings. The van der Waals surface area contributed by atoms with Crippen molar-refractivity contribution in [1.82, 2.24) is 25.8 Å². The van der Waals surface area contributed by atoms with Crippen molar-refractivity contribution >= 4 is 29.5 Å². The number of nitrogens with one attached hydrogen (secondary N) is 3. The van der Waals surface area contributed by atoms with Gasteiger partial charge in [-0.15, -0.1) is 0 Å². The molecule has 0 unspecified atom stereocenters. The zero-order valence-electron chi connectivity index (χ0n) is 36.5. The molecule has 62 heavy (non-hydrogen) atoms. The number of β-amino-alcohol motifs (C(OH)–C–C–N with tert-alkyl or cyclic N) is 1. The molecule has 0 spiro atoms. The summed E-state index contributed by atoms with van der Waals surface area (Å²) >= 11 is 0. The second kappa shape index (κ2) is 21.9. The fourth-order valence-corrected chi connectivity index (χ4v) is 9.57. The van der Waals surface area contributed by atoms with E-state index < -0.39 is 23.9 Å². The molecule has 2 aliphatic carbocycles. The summed E-state index contributed by atoms with van der Waals surface area (Å²) < 4.78 is 0. The van der Waals surface area contributed by atoms with E-state index in [-0.39, 0.29) is 79.6 Å². The molecule has 11 nitrogen and oxygen atoms in total. The molecule has 2 saturated heterocycles. The molecule has 3 aromatic carbocycles. The Hall–Kier alpha value is -5.03. The molecule has 4 N–H and O–H groups in total. The van der Waals surface area contributed by atoms with Crippen molar-refractivity contribution in [2.45, 2.75) is 127 Å². The van der Waals surface area contributed by atoms with E-state index in [4.69, 9.17) is 0 Å². The molecule has 4 aliphatic rings. The summed E-state index contributed by atoms with van der Waals surface area (Å²) in [5.74, 6) is -2.97. The van der Waals surface area contributed by atoms with Crippen LogP contribution in [0.2, 0.25) is 0 Å². The number of carbonyl (C=O) groups is 5. The summed E-state index contributed by atoms with van der Waals surface area (Å²) in [7, 11) is 0. The molecular formula is C51H67N5O6. The highest BCUT2D eigenvalue weighted by molar-refractivity contribution is 5.99. The number of aliphatic hydroxyl groups is 1. The van der Waals surface area contributed by atoms with E-state index in [1.165, 1.54) is 73.8 Å². The minimum atomic E-state index is -0.958. The van der Waals surface area contributed by atoms with E-state index >= 15 is 0 Å². The molecular weight excluding hydrogens is 779 g/mol. The molecule has 2 heterocycles. The van der Waals surface area contributed by atoms with Gasteiger partial charge in [0.15, 0.2) is 0 Å². The molecule has 0 aromatic heterocycles. The molecule has 7 rings (SSSR count). The summed E-state index contributed by atoms with van der Waals surface area (Å²) in [5.41, 5.74) is 3.03. The molecule has 2 saturated carbocycles. The van der Waals surface area contributed by atoms with Crippen LogP contribution >= 0.6 is 0 Å². The Morgan fingerprint density at radius 2 is 0.919 bits per heavy atom. The summed E-state index contributed by atoms with van der Waals surface area (Å²) in [6, 6.07) is 26.5. The van der Waals surface area contributed by atoms with Crippen LogP contribution < -0.4 is 16.0 Å². The number of aliphatic hydroxyl groups excluding tert-OH is 1. The molecule has 11 heteroatoms. The molecule has 0 bridgehead atoms. The number of carbonyl (C=O) groups excluding carboxylic acids is 5. The lowest BCUT2D eigenvalue weighted by molar-refractivity contribution is -0.133. The number of unbranched alkanes of at least 4 members (excludes halogenated alkanes) is 11. The lowest BCUT2D eigenvalue weighted by atomic mass is 9.94. The van der Waals surface area contributed by atoms with Gasteiger partial charge in [0.1, 0.15) is 0 Å². The second-order valence-electron chi connectivity index (χ2n) is 18.3. The zero-order chi connectivity index (χ0) is 43.4. The van der Waals surface area contributed by atoms with Gasteiger partial charge in [0.05, 0.1) is 23.9 Å². The Kier molecular flexibility index (Phi) is 15.9. The summed E-state index contributed by atoms with van der Waals surface area (Å²) in [6.07, 6.45) is 15.6. The van der Waals surface area contributed by atoms with Gasteiger partial charge in [0, 0.05) is 67.8 Å². The molecule has 8 atom stereocenters. The van der Waals surface area contributed by atoms with Gasteiger partial charge in [0.25, 0.3) is 11.8 Å². The Morgan fingerprint density at radius 1 is 0.516 bits per heavy atom. The number of nitrogens with zero attached hydrogens (tertiary/aromatic N) is 2. The quantitative estimate of drug-likeness (QED) is 0.0804. The Labute approximate surface area is 367 Å². The maximum Gasteiger partial charge on any atom is 0.253 e. The van der Waals surface area contributed by atoms with E-state index in [9.17, 15) is 29.1 Å². The van der Waals surface area contributed by atoms with Crippen LogP contribution in [0.1, 0.15) is 140 Å². The maximum absolute atomic E-state index is 13.9. The fraction of sp³-hybridized carbons (Fsp3) is 0.549. The standard InChI is InChI=1S/C51H67N5O6/c1-2-3-4-5-6-7-8-9-10-11-12-19-28-52-47(58)43-33-56(34-46(43)57)51(62)38-26-24-37(25-27-38)50(61)55-31-41(48(59)53-44-29-39(44)35-20-15-13-16-21-35)42(32-55)49(60)54-45-30-40(45)36-22-17-14-18-23-36/h13-18,20-27,39-46,57H,2-12,19,28-34H2,1H3,(H,52,58)(H,53,59)(H,54,60)/t39-,40-,41-,42-,43-,44+,45+,46+/m1/s1. The zero-order valence-corrected chi connectivity index (χ0v) is 36.5. The highest BCUT2D eigenvalue weighted by Gasteiger charge is 2.49. The normalized spacial score (nSPS) is 25.0. The smallest absolute Gasteiger partial charge is 0.253 e. The van der Waals surface area contributed by atoms with Crippen molar-refractivity contribution in [2.24, 2.45) is 17.8 Å². The third-order valence-corrected chi connectivity index (χ3v) is 13.6. The minimum absolute atomic E-state index is 0.0141. The van der Waals surface area contributed by atoms with Gasteiger partial charge in [-0.1, -0.05) is 138 Å². The van der Waals surface area contributed by atoms with Crippen LogP contribution in [0.4, 0.5) is 0 Å². The predicted octanol–water partition coefficient (Wildman–Crippen LogP) is 6.97. The molecule has 5 amide bonds. The SMILES string of the molecule is CCCCCCCCCCCCCCNC(=O)[C@@H]1CN(C(=O)c2ccc(C(=O)N3C[C@@H](C(=O)N[C@H]4C[C@@H]4c4ccccc4)[C@H](C(=O)N[C@H]4C[C@@H]4c4ccccc4)C3)cc2)C[C@@H]1O. The third kappa shape index (κ3) is 11.9. The van der Waals surface area contributed by atoms with Gasteiger partial charge in [-0.3, -0.25) is 24.0 Å². The predicted molar refractivity (Wildman–Crippen MR) is 240 cm³/mol. The van der Waals surface area contributed by atoms with Crippen molar-refractivity contribution in [2.75, 3.05) is 32.7 Å². The number of amides is 5. The topological polar surface area (TPSA) is 148 Å². The second-order valence-corrected chi connectivity index (χ2v) is 18.3. The third-order valence-electron chi connectivity index (χ3n) is 13.6. The van der Waals surface area contributed by atoms with Crippen LogP contribution in [0.25, 0.3) is 0 Å². The van der Waals surface area contributed by atoms with E-state index in [2.05, 4.69) is 47.1 Å². The Bertz CT molecular complexity index is 1880. The fourth-order valence-electron chi connectivity index (χ4n) is 9.57. The summed E-state index contributed by atoms with van der Waals surface area (Å²) in [5, 5.41) is 20.1. The maximum atomic E-state index is 13.9. The monoisotopic (exact) mass is 846 g/mol. The Balaban J connectivity index is 0.877. The summed E-state index contributed by atoms with van der Waals surface area (Å²) in [4.78, 5) is 71.3. The highest BCUT2D eigenvalue weighted by Crippen LogP contribution is 2.42.